The molecular formula is C24H34O8. The molecule has 0 saturated heterocycles. The lowest BCUT2D eigenvalue weighted by atomic mass is 10.0. The first kappa shape index (κ1) is 29.5. The average molecular weight is 451 g/mol. The van der Waals surface area contributed by atoms with E-state index in [0.717, 1.165) is 23.7 Å². The smallest absolute Gasteiger partial charge is 0.150 e. The summed E-state index contributed by atoms with van der Waals surface area (Å²) in [6.45, 7) is 6.62. The van der Waals surface area contributed by atoms with Gasteiger partial charge in [0.1, 0.15) is 37.0 Å². The quantitative estimate of drug-likeness (QED) is 0.336. The van der Waals surface area contributed by atoms with Crippen molar-refractivity contribution in [1.82, 2.24) is 0 Å². The Morgan fingerprint density at radius 2 is 0.938 bits per heavy atom. The predicted molar refractivity (Wildman–Crippen MR) is 121 cm³/mol. The molecule has 0 radical (unpaired) electrons. The van der Waals surface area contributed by atoms with E-state index in [9.17, 15) is 9.59 Å². The second-order valence-corrected chi connectivity index (χ2v) is 7.40. The van der Waals surface area contributed by atoms with Crippen molar-refractivity contribution in [3.8, 4) is 0 Å². The number of aliphatic hydroxyl groups is 6. The van der Waals surface area contributed by atoms with Crippen molar-refractivity contribution in [2.24, 2.45) is 0 Å². The summed E-state index contributed by atoms with van der Waals surface area (Å²) >= 11 is 0. The molecule has 2 aromatic rings. The fourth-order valence-electron chi connectivity index (χ4n) is 2.35. The SMILES string of the molecule is Cc1ccc(C=O)cc1C.Cc1ccc(C=O)cc1C.OC[C@@H](O)[C@@H](O)[C@H](O)[C@@H](O)CO. The summed E-state index contributed by atoms with van der Waals surface area (Å²) in [5.41, 5.74) is 6.30. The predicted octanol–water partition coefficient (Wildman–Crippen LogP) is 0.646. The standard InChI is InChI=1S/2C9H10O.C6H14O6/c2*1-7-3-4-9(6-10)5-8(7)2;7-1-3(9)5(11)6(12)4(10)2-8/h2*3-6H,1-2H3;3-12H,1-2H2/t;;3-,4+,5-,6-/m..1/s1. The molecule has 6 N–H and O–H groups in total. The molecule has 0 aliphatic carbocycles. The maximum atomic E-state index is 10.3. The molecule has 0 bridgehead atoms. The van der Waals surface area contributed by atoms with Gasteiger partial charge >= 0.3 is 0 Å². The summed E-state index contributed by atoms with van der Waals surface area (Å²) in [5, 5.41) is 52.2. The second kappa shape index (κ2) is 15.4. The van der Waals surface area contributed by atoms with Gasteiger partial charge in [-0.3, -0.25) is 9.59 Å². The van der Waals surface area contributed by atoms with Gasteiger partial charge < -0.3 is 30.6 Å². The van der Waals surface area contributed by atoms with E-state index in [1.165, 1.54) is 22.3 Å². The first-order valence-corrected chi connectivity index (χ1v) is 10.0. The molecule has 0 saturated carbocycles. The van der Waals surface area contributed by atoms with Crippen molar-refractivity contribution in [3.63, 3.8) is 0 Å². The van der Waals surface area contributed by atoms with E-state index in [0.29, 0.717) is 0 Å². The Labute approximate surface area is 188 Å². The monoisotopic (exact) mass is 450 g/mol. The van der Waals surface area contributed by atoms with E-state index in [2.05, 4.69) is 0 Å². The molecule has 2 rings (SSSR count). The molecule has 2 aromatic carbocycles. The van der Waals surface area contributed by atoms with Crippen molar-refractivity contribution in [2.75, 3.05) is 13.2 Å². The zero-order valence-corrected chi connectivity index (χ0v) is 18.8. The Morgan fingerprint density at radius 1 is 0.625 bits per heavy atom. The number of hydrogen-bond donors (Lipinski definition) is 6. The van der Waals surface area contributed by atoms with Crippen LogP contribution in [0.25, 0.3) is 0 Å². The topological polar surface area (TPSA) is 156 Å². The van der Waals surface area contributed by atoms with Crippen LogP contribution in [-0.4, -0.2) is 80.8 Å². The van der Waals surface area contributed by atoms with Gasteiger partial charge in [-0.05, 0) is 62.1 Å². The number of rotatable bonds is 7. The van der Waals surface area contributed by atoms with Gasteiger partial charge in [0.15, 0.2) is 0 Å². The highest BCUT2D eigenvalue weighted by atomic mass is 16.4. The Balaban J connectivity index is 0.000000452. The lowest BCUT2D eigenvalue weighted by Crippen LogP contribution is -2.46. The minimum Gasteiger partial charge on any atom is -0.394 e. The van der Waals surface area contributed by atoms with E-state index in [4.69, 9.17) is 30.6 Å². The minimum atomic E-state index is -1.67. The Hall–Kier alpha value is -2.46. The highest BCUT2D eigenvalue weighted by Gasteiger charge is 2.29. The van der Waals surface area contributed by atoms with Gasteiger partial charge in [0.05, 0.1) is 13.2 Å². The molecule has 0 spiro atoms. The number of carbonyl (C=O) groups excluding carboxylic acids is 2. The third kappa shape index (κ3) is 10.2. The molecule has 0 fully saturated rings. The van der Waals surface area contributed by atoms with Crippen molar-refractivity contribution in [3.05, 3.63) is 69.8 Å². The molecule has 8 heteroatoms. The first-order valence-electron chi connectivity index (χ1n) is 10.0. The zero-order chi connectivity index (χ0) is 24.8. The summed E-state index contributed by atoms with van der Waals surface area (Å²) in [6.07, 6.45) is -4.66. The lowest BCUT2D eigenvalue weighted by Gasteiger charge is -2.24. The summed E-state index contributed by atoms with van der Waals surface area (Å²) in [7, 11) is 0. The van der Waals surface area contributed by atoms with Crippen LogP contribution in [-0.2, 0) is 0 Å². The van der Waals surface area contributed by atoms with Crippen LogP contribution < -0.4 is 0 Å². The number of aldehydes is 2. The van der Waals surface area contributed by atoms with Crippen molar-refractivity contribution in [1.29, 1.82) is 0 Å². The highest BCUT2D eigenvalue weighted by molar-refractivity contribution is 5.75. The fraction of sp³-hybridized carbons (Fsp3) is 0.417. The molecule has 0 aliphatic rings. The zero-order valence-electron chi connectivity index (χ0n) is 18.8. The van der Waals surface area contributed by atoms with Crippen molar-refractivity contribution in [2.45, 2.75) is 52.1 Å². The van der Waals surface area contributed by atoms with Crippen LogP contribution in [0, 0.1) is 27.7 Å². The maximum Gasteiger partial charge on any atom is 0.150 e. The number of hydrogen-bond acceptors (Lipinski definition) is 8. The molecule has 4 atom stereocenters. The van der Waals surface area contributed by atoms with E-state index in [1.807, 2.05) is 64.1 Å². The summed E-state index contributed by atoms with van der Waals surface area (Å²) in [5.74, 6) is 0. The molecule has 178 valence electrons. The Morgan fingerprint density at radius 3 is 1.16 bits per heavy atom. The van der Waals surface area contributed by atoms with Gasteiger partial charge in [-0.15, -0.1) is 0 Å². The van der Waals surface area contributed by atoms with E-state index in [1.54, 1.807) is 0 Å². The second-order valence-electron chi connectivity index (χ2n) is 7.40. The third-order valence-corrected chi connectivity index (χ3v) is 4.85. The normalized spacial score (nSPS) is 13.9. The van der Waals surface area contributed by atoms with Crippen LogP contribution in [0.2, 0.25) is 0 Å². The first-order chi connectivity index (χ1) is 15.0. The number of aliphatic hydroxyl groups excluding tert-OH is 6. The van der Waals surface area contributed by atoms with Crippen LogP contribution >= 0.6 is 0 Å². The highest BCUT2D eigenvalue weighted by Crippen LogP contribution is 2.08. The average Bonchev–Trinajstić information content (AvgIpc) is 2.81. The van der Waals surface area contributed by atoms with Crippen LogP contribution in [0.5, 0.6) is 0 Å². The van der Waals surface area contributed by atoms with Gasteiger partial charge in [-0.25, -0.2) is 0 Å². The largest absolute Gasteiger partial charge is 0.394 e. The van der Waals surface area contributed by atoms with E-state index in [-0.39, 0.29) is 0 Å². The molecule has 0 unspecified atom stereocenters. The molecule has 8 nitrogen and oxygen atoms in total. The summed E-state index contributed by atoms with van der Waals surface area (Å²) in [6, 6.07) is 11.4. The third-order valence-electron chi connectivity index (χ3n) is 4.85. The summed E-state index contributed by atoms with van der Waals surface area (Å²) in [4.78, 5) is 20.5. The number of aryl methyl sites for hydroxylation is 4. The van der Waals surface area contributed by atoms with Crippen LogP contribution in [0.4, 0.5) is 0 Å². The van der Waals surface area contributed by atoms with Gasteiger partial charge in [-0.1, -0.05) is 24.3 Å². The lowest BCUT2D eigenvalue weighted by molar-refractivity contribution is -0.123. The van der Waals surface area contributed by atoms with Crippen LogP contribution in [0.15, 0.2) is 36.4 Å². The van der Waals surface area contributed by atoms with Crippen LogP contribution in [0.1, 0.15) is 43.0 Å². The molecule has 0 heterocycles. The van der Waals surface area contributed by atoms with Crippen molar-refractivity contribution >= 4 is 12.6 Å². The number of benzene rings is 2. The molecule has 0 amide bonds. The minimum absolute atomic E-state index is 0.726. The molecule has 32 heavy (non-hydrogen) atoms. The van der Waals surface area contributed by atoms with Gasteiger partial charge in [0, 0.05) is 11.1 Å². The van der Waals surface area contributed by atoms with Gasteiger partial charge in [0.2, 0.25) is 0 Å². The maximum absolute atomic E-state index is 10.3. The Bertz CT molecular complexity index is 767. The number of carbonyl (C=O) groups is 2. The molecular weight excluding hydrogens is 416 g/mol. The molecule has 0 aromatic heterocycles. The Kier molecular flexibility index (Phi) is 14.2. The van der Waals surface area contributed by atoms with Gasteiger partial charge in [-0.2, -0.15) is 0 Å². The van der Waals surface area contributed by atoms with E-state index >= 15 is 0 Å². The summed E-state index contributed by atoms with van der Waals surface area (Å²) < 4.78 is 0. The van der Waals surface area contributed by atoms with Crippen molar-refractivity contribution < 1.29 is 40.2 Å². The van der Waals surface area contributed by atoms with Crippen LogP contribution in [0.3, 0.4) is 0 Å². The molecule has 0 aliphatic heterocycles. The van der Waals surface area contributed by atoms with Gasteiger partial charge in [0.25, 0.3) is 0 Å². The fourth-order valence-corrected chi connectivity index (χ4v) is 2.35. The van der Waals surface area contributed by atoms with E-state index < -0.39 is 37.6 Å².